The number of hydrogen-bond acceptors (Lipinski definition) is 5. The number of amides is 2. The molecule has 2 aliphatic rings. The van der Waals surface area contributed by atoms with E-state index in [0.29, 0.717) is 25.3 Å². The number of likely N-dealkylation sites (tertiary alicyclic amines) is 1. The third-order valence-electron chi connectivity index (χ3n) is 3.91. The SMILES string of the molecule is Cl.O=C(c1ccon1)N1CCCC(N2CCNCC2=O)C1. The fourth-order valence-corrected chi connectivity index (χ4v) is 2.89. The smallest absolute Gasteiger partial charge is 0.276 e. The van der Waals surface area contributed by atoms with Crippen molar-refractivity contribution in [3.63, 3.8) is 0 Å². The highest BCUT2D eigenvalue weighted by atomic mass is 35.5. The summed E-state index contributed by atoms with van der Waals surface area (Å²) in [5.74, 6) is 0.00279. The second kappa shape index (κ2) is 6.91. The molecule has 2 aliphatic heterocycles. The van der Waals surface area contributed by atoms with E-state index in [2.05, 4.69) is 10.5 Å². The number of aromatic nitrogens is 1. The number of nitrogens with one attached hydrogen (secondary N) is 1. The van der Waals surface area contributed by atoms with E-state index >= 15 is 0 Å². The predicted octanol–water partition coefficient (Wildman–Crippen LogP) is 0.133. The molecule has 0 aromatic carbocycles. The zero-order chi connectivity index (χ0) is 13.9. The van der Waals surface area contributed by atoms with Crippen LogP contribution in [0.4, 0.5) is 0 Å². The van der Waals surface area contributed by atoms with E-state index in [1.54, 1.807) is 11.0 Å². The fraction of sp³-hybridized carbons (Fsp3) is 0.615. The van der Waals surface area contributed by atoms with Crippen molar-refractivity contribution in [3.8, 4) is 0 Å². The number of rotatable bonds is 2. The van der Waals surface area contributed by atoms with Crippen LogP contribution in [0, 0.1) is 0 Å². The van der Waals surface area contributed by atoms with Gasteiger partial charge in [-0.3, -0.25) is 9.59 Å². The maximum absolute atomic E-state index is 12.3. The van der Waals surface area contributed by atoms with Gasteiger partial charge in [0.05, 0.1) is 6.54 Å². The monoisotopic (exact) mass is 314 g/mol. The van der Waals surface area contributed by atoms with E-state index in [1.165, 1.54) is 6.26 Å². The maximum atomic E-state index is 12.3. The molecule has 3 heterocycles. The number of piperazine rings is 1. The molecule has 1 unspecified atom stereocenters. The third-order valence-corrected chi connectivity index (χ3v) is 3.91. The first-order chi connectivity index (χ1) is 9.75. The molecule has 3 rings (SSSR count). The van der Waals surface area contributed by atoms with Crippen molar-refractivity contribution in [2.75, 3.05) is 32.7 Å². The molecule has 116 valence electrons. The summed E-state index contributed by atoms with van der Waals surface area (Å²) in [6, 6.07) is 1.69. The second-order valence-corrected chi connectivity index (χ2v) is 5.20. The van der Waals surface area contributed by atoms with Gasteiger partial charge in [0, 0.05) is 38.3 Å². The Bertz CT molecular complexity index is 494. The Morgan fingerprint density at radius 3 is 3.00 bits per heavy atom. The molecule has 0 radical (unpaired) electrons. The third kappa shape index (κ3) is 3.36. The van der Waals surface area contributed by atoms with E-state index < -0.39 is 0 Å². The Hall–Kier alpha value is -1.60. The number of nitrogens with zero attached hydrogens (tertiary/aromatic N) is 3. The molecule has 0 bridgehead atoms. The zero-order valence-corrected chi connectivity index (χ0v) is 12.5. The van der Waals surface area contributed by atoms with Crippen LogP contribution < -0.4 is 5.32 Å². The van der Waals surface area contributed by atoms with E-state index in [1.807, 2.05) is 4.90 Å². The Balaban J connectivity index is 0.00000161. The zero-order valence-electron chi connectivity index (χ0n) is 11.7. The topological polar surface area (TPSA) is 78.7 Å². The van der Waals surface area contributed by atoms with Gasteiger partial charge in [-0.05, 0) is 12.8 Å². The molecule has 1 aromatic rings. The lowest BCUT2D eigenvalue weighted by Gasteiger charge is -2.40. The molecule has 0 spiro atoms. The molecule has 1 N–H and O–H groups in total. The van der Waals surface area contributed by atoms with Crippen molar-refractivity contribution < 1.29 is 14.1 Å². The standard InChI is InChI=1S/C13H18N4O3.ClH/c18-12-8-14-4-6-17(12)10-2-1-5-16(9-10)13(19)11-3-7-20-15-11;/h3,7,10,14H,1-2,4-6,8-9H2;1H. The molecule has 1 atom stereocenters. The molecule has 1 aromatic heterocycles. The van der Waals surface area contributed by atoms with E-state index in [9.17, 15) is 9.59 Å². The van der Waals surface area contributed by atoms with Gasteiger partial charge in [-0.25, -0.2) is 0 Å². The van der Waals surface area contributed by atoms with Crippen LogP contribution in [0.25, 0.3) is 0 Å². The highest BCUT2D eigenvalue weighted by molar-refractivity contribution is 5.92. The number of carbonyl (C=O) groups is 2. The molecule has 8 heteroatoms. The van der Waals surface area contributed by atoms with Gasteiger partial charge in [0.2, 0.25) is 5.91 Å². The van der Waals surface area contributed by atoms with Gasteiger partial charge < -0.3 is 19.6 Å². The summed E-state index contributed by atoms with van der Waals surface area (Å²) in [5.41, 5.74) is 0.331. The fourth-order valence-electron chi connectivity index (χ4n) is 2.89. The molecule has 2 amide bonds. The van der Waals surface area contributed by atoms with Crippen LogP contribution >= 0.6 is 12.4 Å². The number of piperidine rings is 1. The highest BCUT2D eigenvalue weighted by Crippen LogP contribution is 2.18. The quantitative estimate of drug-likeness (QED) is 0.839. The minimum Gasteiger partial charge on any atom is -0.364 e. The van der Waals surface area contributed by atoms with Crippen LogP contribution in [-0.2, 0) is 4.79 Å². The van der Waals surface area contributed by atoms with E-state index in [0.717, 1.165) is 25.9 Å². The molecular weight excluding hydrogens is 296 g/mol. The van der Waals surface area contributed by atoms with Gasteiger partial charge in [0.1, 0.15) is 6.26 Å². The van der Waals surface area contributed by atoms with Gasteiger partial charge in [-0.15, -0.1) is 12.4 Å². The summed E-state index contributed by atoms with van der Waals surface area (Å²) in [6.45, 7) is 3.22. The summed E-state index contributed by atoms with van der Waals surface area (Å²) >= 11 is 0. The van der Waals surface area contributed by atoms with Crippen LogP contribution in [0.2, 0.25) is 0 Å². The lowest BCUT2D eigenvalue weighted by molar-refractivity contribution is -0.135. The predicted molar refractivity (Wildman–Crippen MR) is 77.3 cm³/mol. The summed E-state index contributed by atoms with van der Waals surface area (Å²) in [7, 11) is 0. The van der Waals surface area contributed by atoms with Gasteiger partial charge in [-0.2, -0.15) is 0 Å². The van der Waals surface area contributed by atoms with Crippen LogP contribution in [0.5, 0.6) is 0 Å². The molecule has 0 aliphatic carbocycles. The Morgan fingerprint density at radius 2 is 2.29 bits per heavy atom. The first-order valence-electron chi connectivity index (χ1n) is 6.95. The second-order valence-electron chi connectivity index (χ2n) is 5.20. The summed E-state index contributed by atoms with van der Waals surface area (Å²) in [6.07, 6.45) is 3.26. The first kappa shape index (κ1) is 15.8. The van der Waals surface area contributed by atoms with Crippen molar-refractivity contribution in [1.29, 1.82) is 0 Å². The average molecular weight is 315 g/mol. The first-order valence-corrected chi connectivity index (χ1v) is 6.95. The Kier molecular flexibility index (Phi) is 5.19. The minimum atomic E-state index is -0.119. The average Bonchev–Trinajstić information content (AvgIpc) is 3.01. The molecule has 2 fully saturated rings. The van der Waals surface area contributed by atoms with Gasteiger partial charge in [0.25, 0.3) is 5.91 Å². The van der Waals surface area contributed by atoms with Crippen LogP contribution in [-0.4, -0.2) is 65.5 Å². The van der Waals surface area contributed by atoms with Gasteiger partial charge in [-0.1, -0.05) is 5.16 Å². The van der Waals surface area contributed by atoms with Gasteiger partial charge in [0.15, 0.2) is 5.69 Å². The normalized spacial score (nSPS) is 22.9. The largest absolute Gasteiger partial charge is 0.364 e. The number of carbonyl (C=O) groups excluding carboxylic acids is 2. The molecular formula is C13H19ClN4O3. The summed E-state index contributed by atoms with van der Waals surface area (Å²) in [5, 5.41) is 6.75. The minimum absolute atomic E-state index is 0. The van der Waals surface area contributed by atoms with Crippen molar-refractivity contribution in [2.45, 2.75) is 18.9 Å². The maximum Gasteiger partial charge on any atom is 0.276 e. The van der Waals surface area contributed by atoms with Crippen LogP contribution in [0.15, 0.2) is 16.9 Å². The molecule has 0 saturated carbocycles. The van der Waals surface area contributed by atoms with Crippen LogP contribution in [0.1, 0.15) is 23.3 Å². The number of halogens is 1. The van der Waals surface area contributed by atoms with Crippen LogP contribution in [0.3, 0.4) is 0 Å². The lowest BCUT2D eigenvalue weighted by atomic mass is 10.0. The van der Waals surface area contributed by atoms with Crippen molar-refractivity contribution >= 4 is 24.2 Å². The van der Waals surface area contributed by atoms with E-state index in [4.69, 9.17) is 4.52 Å². The Labute approximate surface area is 129 Å². The molecule has 21 heavy (non-hydrogen) atoms. The Morgan fingerprint density at radius 1 is 1.43 bits per heavy atom. The van der Waals surface area contributed by atoms with Crippen molar-refractivity contribution in [2.24, 2.45) is 0 Å². The lowest BCUT2D eigenvalue weighted by Crippen LogP contribution is -2.57. The summed E-state index contributed by atoms with van der Waals surface area (Å²) in [4.78, 5) is 27.9. The summed E-state index contributed by atoms with van der Waals surface area (Å²) < 4.78 is 4.72. The highest BCUT2D eigenvalue weighted by Gasteiger charge is 2.32. The molecule has 7 nitrogen and oxygen atoms in total. The van der Waals surface area contributed by atoms with E-state index in [-0.39, 0.29) is 30.3 Å². The van der Waals surface area contributed by atoms with Gasteiger partial charge >= 0.3 is 0 Å². The number of hydrogen-bond donors (Lipinski definition) is 1. The van der Waals surface area contributed by atoms with Crippen molar-refractivity contribution in [3.05, 3.63) is 18.0 Å². The van der Waals surface area contributed by atoms with Crippen molar-refractivity contribution in [1.82, 2.24) is 20.3 Å². The molecule has 2 saturated heterocycles.